The third-order valence-corrected chi connectivity index (χ3v) is 5.01. The first kappa shape index (κ1) is 13.9. The molecule has 0 aromatic carbocycles. The van der Waals surface area contributed by atoms with Gasteiger partial charge in [0.05, 0.1) is 17.1 Å². The molecule has 2 fully saturated rings. The van der Waals surface area contributed by atoms with Gasteiger partial charge in [-0.25, -0.2) is 0 Å². The molecule has 0 spiro atoms. The summed E-state index contributed by atoms with van der Waals surface area (Å²) in [6, 6.07) is 2.12. The van der Waals surface area contributed by atoms with Crippen LogP contribution in [0, 0.1) is 13.8 Å². The van der Waals surface area contributed by atoms with Gasteiger partial charge in [-0.3, -0.25) is 5.10 Å². The Labute approximate surface area is 122 Å². The van der Waals surface area contributed by atoms with E-state index in [9.17, 15) is 0 Å². The van der Waals surface area contributed by atoms with Crippen molar-refractivity contribution in [2.24, 2.45) is 0 Å². The molecule has 0 radical (unpaired) electrons. The Morgan fingerprint density at radius 1 is 1.25 bits per heavy atom. The average molecular weight is 276 g/mol. The molecule has 4 nitrogen and oxygen atoms in total. The summed E-state index contributed by atoms with van der Waals surface area (Å²) < 4.78 is 0. The van der Waals surface area contributed by atoms with Gasteiger partial charge in [0, 0.05) is 18.1 Å². The summed E-state index contributed by atoms with van der Waals surface area (Å²) in [5.41, 5.74) is 3.78. The molecule has 0 aliphatic carbocycles. The number of aromatic amines is 1. The van der Waals surface area contributed by atoms with E-state index in [2.05, 4.69) is 41.2 Å². The molecule has 3 heterocycles. The highest BCUT2D eigenvalue weighted by Crippen LogP contribution is 2.39. The van der Waals surface area contributed by atoms with Gasteiger partial charge >= 0.3 is 0 Å². The zero-order chi connectivity index (χ0) is 14.1. The van der Waals surface area contributed by atoms with Gasteiger partial charge in [-0.2, -0.15) is 5.10 Å². The minimum Gasteiger partial charge on any atom is -0.362 e. The van der Waals surface area contributed by atoms with Gasteiger partial charge in [0.1, 0.15) is 0 Å². The highest BCUT2D eigenvalue weighted by atomic mass is 15.3. The second kappa shape index (κ2) is 5.76. The first-order valence-electron chi connectivity index (χ1n) is 8.24. The fourth-order valence-electron chi connectivity index (χ4n) is 4.19. The SMILES string of the molecule is CCCNC1CC2CCCC(C1)N2c1c(C)n[nH]c1C. The van der Waals surface area contributed by atoms with Crippen LogP contribution in [0.1, 0.15) is 56.8 Å². The maximum absolute atomic E-state index is 4.40. The van der Waals surface area contributed by atoms with E-state index in [-0.39, 0.29) is 0 Å². The molecular formula is C16H28N4. The smallest absolute Gasteiger partial charge is 0.0827 e. The number of fused-ring (bicyclic) bond motifs is 2. The van der Waals surface area contributed by atoms with Crippen LogP contribution in [0.5, 0.6) is 0 Å². The third kappa shape index (κ3) is 2.46. The molecule has 2 aliphatic rings. The number of hydrogen-bond donors (Lipinski definition) is 2. The van der Waals surface area contributed by atoms with Gasteiger partial charge in [-0.15, -0.1) is 0 Å². The number of H-pyrrole nitrogens is 1. The van der Waals surface area contributed by atoms with E-state index in [0.29, 0.717) is 18.1 Å². The molecule has 2 aliphatic heterocycles. The number of piperidine rings is 2. The van der Waals surface area contributed by atoms with Crippen LogP contribution in [-0.4, -0.2) is 34.9 Å². The Hall–Kier alpha value is -1.03. The summed E-state index contributed by atoms with van der Waals surface area (Å²) >= 11 is 0. The minimum atomic E-state index is 0.701. The predicted molar refractivity (Wildman–Crippen MR) is 83.3 cm³/mol. The van der Waals surface area contributed by atoms with Gasteiger partial charge in [0.25, 0.3) is 0 Å². The van der Waals surface area contributed by atoms with E-state index in [1.165, 1.54) is 55.6 Å². The molecule has 2 N–H and O–H groups in total. The van der Waals surface area contributed by atoms with Crippen molar-refractivity contribution in [1.82, 2.24) is 15.5 Å². The Kier molecular flexibility index (Phi) is 4.01. The van der Waals surface area contributed by atoms with Crippen LogP contribution < -0.4 is 10.2 Å². The van der Waals surface area contributed by atoms with Gasteiger partial charge in [-0.1, -0.05) is 6.92 Å². The van der Waals surface area contributed by atoms with Crippen LogP contribution in [0.25, 0.3) is 0 Å². The molecule has 0 saturated carbocycles. The van der Waals surface area contributed by atoms with Crippen molar-refractivity contribution in [2.45, 2.75) is 77.4 Å². The molecule has 1 aromatic heterocycles. The van der Waals surface area contributed by atoms with Gasteiger partial charge in [-0.05, 0) is 58.9 Å². The van der Waals surface area contributed by atoms with E-state index >= 15 is 0 Å². The van der Waals surface area contributed by atoms with Crippen LogP contribution in [0.3, 0.4) is 0 Å². The molecule has 0 amide bonds. The quantitative estimate of drug-likeness (QED) is 0.888. The fraction of sp³-hybridized carbons (Fsp3) is 0.812. The van der Waals surface area contributed by atoms with Crippen LogP contribution in [-0.2, 0) is 0 Å². The van der Waals surface area contributed by atoms with Crippen LogP contribution >= 0.6 is 0 Å². The first-order chi connectivity index (χ1) is 9.70. The lowest BCUT2D eigenvalue weighted by molar-refractivity contribution is 0.245. The van der Waals surface area contributed by atoms with Crippen LogP contribution in [0.4, 0.5) is 5.69 Å². The topological polar surface area (TPSA) is 44.0 Å². The first-order valence-corrected chi connectivity index (χ1v) is 8.24. The standard InChI is InChI=1S/C16H28N4/c1-4-8-17-13-9-14-6-5-7-15(10-13)20(14)16-11(2)18-19-12(16)3/h13-15,17H,4-10H2,1-3H3,(H,18,19). The number of aryl methyl sites for hydroxylation is 2. The molecule has 20 heavy (non-hydrogen) atoms. The summed E-state index contributed by atoms with van der Waals surface area (Å²) in [5.74, 6) is 0. The van der Waals surface area contributed by atoms with E-state index in [1.54, 1.807) is 0 Å². The number of aromatic nitrogens is 2. The molecule has 4 heteroatoms. The van der Waals surface area contributed by atoms with Crippen molar-refractivity contribution in [3.05, 3.63) is 11.4 Å². The van der Waals surface area contributed by atoms with Gasteiger partial charge in [0.2, 0.25) is 0 Å². The molecule has 2 atom stereocenters. The van der Waals surface area contributed by atoms with Gasteiger partial charge in [0.15, 0.2) is 0 Å². The largest absolute Gasteiger partial charge is 0.362 e. The highest BCUT2D eigenvalue weighted by molar-refractivity contribution is 5.56. The Balaban J connectivity index is 1.80. The Bertz CT molecular complexity index is 420. The zero-order valence-electron chi connectivity index (χ0n) is 13.1. The fourth-order valence-corrected chi connectivity index (χ4v) is 4.19. The van der Waals surface area contributed by atoms with Crippen molar-refractivity contribution in [3.8, 4) is 0 Å². The minimum absolute atomic E-state index is 0.701. The number of hydrogen-bond acceptors (Lipinski definition) is 3. The molecule has 1 aromatic rings. The third-order valence-electron chi connectivity index (χ3n) is 5.01. The molecule has 112 valence electrons. The maximum Gasteiger partial charge on any atom is 0.0827 e. The summed E-state index contributed by atoms with van der Waals surface area (Å²) in [4.78, 5) is 2.70. The lowest BCUT2D eigenvalue weighted by Gasteiger charge is -2.50. The summed E-state index contributed by atoms with van der Waals surface area (Å²) in [6.07, 6.45) is 7.88. The lowest BCUT2D eigenvalue weighted by atomic mass is 9.81. The van der Waals surface area contributed by atoms with Crippen molar-refractivity contribution in [2.75, 3.05) is 11.4 Å². The average Bonchev–Trinajstić information content (AvgIpc) is 2.75. The Morgan fingerprint density at radius 2 is 1.95 bits per heavy atom. The number of nitrogens with zero attached hydrogens (tertiary/aromatic N) is 2. The molecule has 2 unspecified atom stereocenters. The zero-order valence-corrected chi connectivity index (χ0v) is 13.1. The van der Waals surface area contributed by atoms with Crippen LogP contribution in [0.2, 0.25) is 0 Å². The monoisotopic (exact) mass is 276 g/mol. The highest BCUT2D eigenvalue weighted by Gasteiger charge is 2.39. The van der Waals surface area contributed by atoms with Crippen molar-refractivity contribution in [3.63, 3.8) is 0 Å². The second-order valence-corrected chi connectivity index (χ2v) is 6.55. The van der Waals surface area contributed by atoms with Gasteiger partial charge < -0.3 is 10.2 Å². The molecule has 2 saturated heterocycles. The summed E-state index contributed by atoms with van der Waals surface area (Å²) in [5, 5.41) is 11.3. The van der Waals surface area contributed by atoms with Crippen molar-refractivity contribution in [1.29, 1.82) is 0 Å². The lowest BCUT2D eigenvalue weighted by Crippen LogP contribution is -2.56. The Morgan fingerprint density at radius 3 is 2.50 bits per heavy atom. The van der Waals surface area contributed by atoms with Crippen LogP contribution in [0.15, 0.2) is 0 Å². The number of nitrogens with one attached hydrogen (secondary N) is 2. The predicted octanol–water partition coefficient (Wildman–Crippen LogP) is 2.92. The van der Waals surface area contributed by atoms with E-state index < -0.39 is 0 Å². The van der Waals surface area contributed by atoms with Crippen molar-refractivity contribution < 1.29 is 0 Å². The maximum atomic E-state index is 4.40. The number of anilines is 1. The molecule has 3 rings (SSSR count). The second-order valence-electron chi connectivity index (χ2n) is 6.55. The molecule has 2 bridgehead atoms. The van der Waals surface area contributed by atoms with E-state index in [0.717, 1.165) is 6.54 Å². The van der Waals surface area contributed by atoms with E-state index in [1.807, 2.05) is 0 Å². The summed E-state index contributed by atoms with van der Waals surface area (Å²) in [6.45, 7) is 7.71. The number of rotatable bonds is 4. The molecular weight excluding hydrogens is 248 g/mol. The summed E-state index contributed by atoms with van der Waals surface area (Å²) in [7, 11) is 0. The van der Waals surface area contributed by atoms with E-state index in [4.69, 9.17) is 0 Å². The van der Waals surface area contributed by atoms with Crippen molar-refractivity contribution >= 4 is 5.69 Å². The normalized spacial score (nSPS) is 29.8.